The fourth-order valence-corrected chi connectivity index (χ4v) is 5.43. The molecule has 36 heavy (non-hydrogen) atoms. The van der Waals surface area contributed by atoms with Gasteiger partial charge in [0.05, 0.1) is 17.9 Å². The fraction of sp³-hybridized carbons (Fsp3) is 0.429. The average molecular weight is 493 g/mol. The Morgan fingerprint density at radius 1 is 1.08 bits per heavy atom. The van der Waals surface area contributed by atoms with Crippen LogP contribution in [0.1, 0.15) is 50.6 Å². The monoisotopic (exact) mass is 492 g/mol. The molecule has 0 bridgehead atoms. The van der Waals surface area contributed by atoms with Gasteiger partial charge < -0.3 is 15.0 Å². The lowest BCUT2D eigenvalue weighted by Gasteiger charge is -2.36. The largest absolute Gasteiger partial charge is 0.453 e. The second kappa shape index (κ2) is 9.32. The molecule has 6 rings (SSSR count). The van der Waals surface area contributed by atoms with Crippen molar-refractivity contribution in [3.8, 4) is 22.6 Å². The van der Waals surface area contributed by atoms with Gasteiger partial charge in [0.15, 0.2) is 11.6 Å². The first-order valence-electron chi connectivity index (χ1n) is 12.9. The molecule has 1 aliphatic carbocycles. The van der Waals surface area contributed by atoms with Crippen LogP contribution in [0.4, 0.5) is 14.5 Å². The molecule has 1 atom stereocenters. The van der Waals surface area contributed by atoms with E-state index in [1.807, 2.05) is 34.1 Å². The average Bonchev–Trinajstić information content (AvgIpc) is 3.62. The Morgan fingerprint density at radius 3 is 2.64 bits per heavy atom. The maximum absolute atomic E-state index is 14.7. The summed E-state index contributed by atoms with van der Waals surface area (Å²) in [6.07, 6.45) is 9.17. The summed E-state index contributed by atoms with van der Waals surface area (Å²) in [5, 5.41) is 8.01. The van der Waals surface area contributed by atoms with Crippen LogP contribution in [0, 0.1) is 17.6 Å². The summed E-state index contributed by atoms with van der Waals surface area (Å²) < 4.78 is 36.5. The second-order valence-electron chi connectivity index (χ2n) is 10.2. The van der Waals surface area contributed by atoms with Crippen molar-refractivity contribution >= 4 is 11.6 Å². The number of carbonyl (C=O) groups is 1. The molecule has 0 radical (unpaired) electrons. The van der Waals surface area contributed by atoms with E-state index in [2.05, 4.69) is 17.3 Å². The van der Waals surface area contributed by atoms with Crippen LogP contribution < -0.4 is 15.0 Å². The van der Waals surface area contributed by atoms with E-state index in [-0.39, 0.29) is 23.6 Å². The predicted octanol–water partition coefficient (Wildman–Crippen LogP) is 5.62. The predicted molar refractivity (Wildman–Crippen MR) is 133 cm³/mol. The molecule has 1 N–H and O–H groups in total. The van der Waals surface area contributed by atoms with Gasteiger partial charge in [-0.25, -0.2) is 8.78 Å². The van der Waals surface area contributed by atoms with E-state index in [0.29, 0.717) is 18.2 Å². The van der Waals surface area contributed by atoms with Crippen LogP contribution in [-0.4, -0.2) is 34.8 Å². The minimum atomic E-state index is -0.765. The number of nitrogens with zero attached hydrogens (tertiary/aromatic N) is 3. The van der Waals surface area contributed by atoms with Crippen molar-refractivity contribution in [3.63, 3.8) is 0 Å². The number of fused-ring (bicyclic) bond motifs is 1. The van der Waals surface area contributed by atoms with Gasteiger partial charge in [0, 0.05) is 40.9 Å². The Hall–Kier alpha value is -3.26. The quantitative estimate of drug-likeness (QED) is 0.502. The van der Waals surface area contributed by atoms with Crippen LogP contribution in [0.25, 0.3) is 11.1 Å². The maximum Gasteiger partial charge on any atom is 0.230 e. The van der Waals surface area contributed by atoms with Crippen molar-refractivity contribution in [1.29, 1.82) is 0 Å². The molecule has 2 fully saturated rings. The molecule has 3 aliphatic rings. The summed E-state index contributed by atoms with van der Waals surface area (Å²) in [5.74, 6) is -0.736. The van der Waals surface area contributed by atoms with Crippen LogP contribution in [0.2, 0.25) is 0 Å². The van der Waals surface area contributed by atoms with Gasteiger partial charge in [-0.15, -0.1) is 0 Å². The number of amides is 1. The zero-order valence-corrected chi connectivity index (χ0v) is 20.3. The molecule has 188 valence electrons. The molecule has 1 unspecified atom stereocenters. The zero-order valence-electron chi connectivity index (χ0n) is 20.3. The van der Waals surface area contributed by atoms with Crippen molar-refractivity contribution in [2.45, 2.75) is 57.5 Å². The molecule has 3 heterocycles. The van der Waals surface area contributed by atoms with E-state index in [9.17, 15) is 13.6 Å². The van der Waals surface area contributed by atoms with Crippen molar-refractivity contribution < 1.29 is 18.3 Å². The molecule has 6 nitrogen and oxygen atoms in total. The molecule has 3 aromatic rings. The van der Waals surface area contributed by atoms with Crippen LogP contribution in [0.5, 0.6) is 11.5 Å². The first kappa shape index (κ1) is 23.2. The number of hydrogen-bond acceptors (Lipinski definition) is 4. The third kappa shape index (κ3) is 4.28. The van der Waals surface area contributed by atoms with Gasteiger partial charge in [0.25, 0.3) is 0 Å². The maximum atomic E-state index is 14.7. The molecule has 0 spiro atoms. The van der Waals surface area contributed by atoms with Gasteiger partial charge in [-0.2, -0.15) is 5.10 Å². The molecule has 2 aliphatic heterocycles. The van der Waals surface area contributed by atoms with E-state index >= 15 is 0 Å². The Kier molecular flexibility index (Phi) is 5.99. The third-order valence-electron chi connectivity index (χ3n) is 7.61. The van der Waals surface area contributed by atoms with Crippen LogP contribution in [-0.2, 0) is 11.2 Å². The standard InChI is InChI=1S/C28H30F2N4O2/c1-17-2-6-23-25(34(17)28(35)18-3-4-18)8-7-22(27(23)36-26-9-5-20(29)14-24(26)30)19-15-32-33(16-19)21-10-12-31-13-11-21/h5,7-9,14-18,21,31H,2-4,6,10-13H2,1H3. The topological polar surface area (TPSA) is 59.4 Å². The Labute approximate surface area is 209 Å². The van der Waals surface area contributed by atoms with Gasteiger partial charge in [0.1, 0.15) is 11.6 Å². The Balaban J connectivity index is 1.45. The lowest BCUT2D eigenvalue weighted by atomic mass is 9.92. The van der Waals surface area contributed by atoms with Gasteiger partial charge in [0.2, 0.25) is 5.91 Å². The Bertz CT molecular complexity index is 1300. The molecule has 1 aromatic heterocycles. The van der Waals surface area contributed by atoms with E-state index < -0.39 is 11.6 Å². The SMILES string of the molecule is CC1CCc2c(ccc(-c3cnn(C4CCNCC4)c3)c2Oc2ccc(F)cc2F)N1C(=O)C1CC1. The summed E-state index contributed by atoms with van der Waals surface area (Å²) in [5.41, 5.74) is 3.34. The molecule has 1 saturated carbocycles. The summed E-state index contributed by atoms with van der Waals surface area (Å²) in [7, 11) is 0. The van der Waals surface area contributed by atoms with E-state index in [1.165, 1.54) is 12.1 Å². The van der Waals surface area contributed by atoms with E-state index in [1.54, 1.807) is 0 Å². The second-order valence-corrected chi connectivity index (χ2v) is 10.2. The first-order valence-corrected chi connectivity index (χ1v) is 12.9. The van der Waals surface area contributed by atoms with Crippen LogP contribution in [0.3, 0.4) is 0 Å². The zero-order chi connectivity index (χ0) is 24.8. The normalized spacial score (nSPS) is 20.3. The highest BCUT2D eigenvalue weighted by molar-refractivity contribution is 5.99. The van der Waals surface area contributed by atoms with Crippen molar-refractivity contribution in [2.75, 3.05) is 18.0 Å². The van der Waals surface area contributed by atoms with Gasteiger partial charge in [-0.05, 0) is 82.8 Å². The third-order valence-corrected chi connectivity index (χ3v) is 7.61. The highest BCUT2D eigenvalue weighted by Gasteiger charge is 2.39. The van der Waals surface area contributed by atoms with Gasteiger partial charge >= 0.3 is 0 Å². The number of aromatic nitrogens is 2. The lowest BCUT2D eigenvalue weighted by Crippen LogP contribution is -2.43. The molecule has 1 amide bonds. The van der Waals surface area contributed by atoms with E-state index in [0.717, 1.165) is 73.6 Å². The molecular formula is C28H30F2N4O2. The highest BCUT2D eigenvalue weighted by Crippen LogP contribution is 2.46. The summed E-state index contributed by atoms with van der Waals surface area (Å²) in [6.45, 7) is 3.99. The summed E-state index contributed by atoms with van der Waals surface area (Å²) >= 11 is 0. The number of halogens is 2. The molecule has 8 heteroatoms. The fourth-order valence-electron chi connectivity index (χ4n) is 5.43. The smallest absolute Gasteiger partial charge is 0.230 e. The number of hydrogen-bond donors (Lipinski definition) is 1. The molecule has 2 aromatic carbocycles. The van der Waals surface area contributed by atoms with Crippen molar-refractivity contribution in [3.05, 3.63) is 59.9 Å². The Morgan fingerprint density at radius 2 is 1.89 bits per heavy atom. The number of ether oxygens (including phenoxy) is 1. The molecule has 1 saturated heterocycles. The number of nitrogens with one attached hydrogen (secondary N) is 1. The van der Waals surface area contributed by atoms with Crippen LogP contribution >= 0.6 is 0 Å². The van der Waals surface area contributed by atoms with Gasteiger partial charge in [-0.3, -0.25) is 9.48 Å². The summed E-state index contributed by atoms with van der Waals surface area (Å²) in [6, 6.07) is 7.64. The number of piperidine rings is 1. The van der Waals surface area contributed by atoms with Crippen molar-refractivity contribution in [1.82, 2.24) is 15.1 Å². The van der Waals surface area contributed by atoms with Crippen LogP contribution in [0.15, 0.2) is 42.7 Å². The van der Waals surface area contributed by atoms with Crippen molar-refractivity contribution in [2.24, 2.45) is 5.92 Å². The van der Waals surface area contributed by atoms with Gasteiger partial charge in [-0.1, -0.05) is 0 Å². The number of carbonyl (C=O) groups excluding carboxylic acids is 1. The first-order chi connectivity index (χ1) is 17.5. The number of anilines is 1. The molecular weight excluding hydrogens is 462 g/mol. The minimum Gasteiger partial charge on any atom is -0.453 e. The summed E-state index contributed by atoms with van der Waals surface area (Å²) in [4.78, 5) is 15.1. The number of rotatable bonds is 5. The lowest BCUT2D eigenvalue weighted by molar-refractivity contribution is -0.120. The highest BCUT2D eigenvalue weighted by atomic mass is 19.1. The van der Waals surface area contributed by atoms with E-state index in [4.69, 9.17) is 4.74 Å². The minimum absolute atomic E-state index is 0.0458. The number of benzene rings is 2.